The van der Waals surface area contributed by atoms with Crippen LogP contribution in [-0.4, -0.2) is 5.91 Å². The standard InChI is InChI=1S/C16H15BrClNOS/c1-9-6-11(17)13(8-12(9)18)19-16(20)15-7-10-4-2-3-5-14(10)21-15/h6-8H,2-5H2,1H3,(H,19,20). The molecule has 2 nitrogen and oxygen atoms in total. The summed E-state index contributed by atoms with van der Waals surface area (Å²) in [6, 6.07) is 5.74. The summed E-state index contributed by atoms with van der Waals surface area (Å²) in [5.41, 5.74) is 3.03. The minimum atomic E-state index is -0.0602. The van der Waals surface area contributed by atoms with Crippen molar-refractivity contribution >= 4 is 50.5 Å². The highest BCUT2D eigenvalue weighted by atomic mass is 79.9. The van der Waals surface area contributed by atoms with E-state index in [4.69, 9.17) is 11.6 Å². The zero-order valence-electron chi connectivity index (χ0n) is 11.6. The van der Waals surface area contributed by atoms with Crippen LogP contribution in [0.2, 0.25) is 5.02 Å². The van der Waals surface area contributed by atoms with Gasteiger partial charge in [0.05, 0.1) is 10.6 Å². The molecule has 0 spiro atoms. The molecule has 0 saturated heterocycles. The molecule has 5 heteroatoms. The van der Waals surface area contributed by atoms with Crippen LogP contribution in [0.1, 0.15) is 38.5 Å². The lowest BCUT2D eigenvalue weighted by molar-refractivity contribution is 0.103. The zero-order chi connectivity index (χ0) is 15.0. The quantitative estimate of drug-likeness (QED) is 0.717. The first-order chi connectivity index (χ1) is 10.0. The monoisotopic (exact) mass is 383 g/mol. The Kier molecular flexibility index (Phi) is 4.38. The minimum Gasteiger partial charge on any atom is -0.320 e. The van der Waals surface area contributed by atoms with E-state index in [9.17, 15) is 4.79 Å². The van der Waals surface area contributed by atoms with E-state index < -0.39 is 0 Å². The van der Waals surface area contributed by atoms with E-state index in [-0.39, 0.29) is 5.91 Å². The second-order valence-corrected chi connectivity index (χ2v) is 7.70. The van der Waals surface area contributed by atoms with Gasteiger partial charge in [-0.05, 0) is 77.9 Å². The first-order valence-electron chi connectivity index (χ1n) is 6.93. The molecule has 1 aromatic carbocycles. The molecule has 1 aliphatic rings. The van der Waals surface area contributed by atoms with Crippen LogP contribution >= 0.6 is 38.9 Å². The molecule has 110 valence electrons. The molecule has 3 rings (SSSR count). The van der Waals surface area contributed by atoms with Crippen LogP contribution in [0.15, 0.2) is 22.7 Å². The minimum absolute atomic E-state index is 0.0602. The fourth-order valence-electron chi connectivity index (χ4n) is 2.53. The average molecular weight is 385 g/mol. The zero-order valence-corrected chi connectivity index (χ0v) is 14.8. The first-order valence-corrected chi connectivity index (χ1v) is 8.92. The number of nitrogens with one attached hydrogen (secondary N) is 1. The van der Waals surface area contributed by atoms with Gasteiger partial charge in [-0.15, -0.1) is 11.3 Å². The van der Waals surface area contributed by atoms with Gasteiger partial charge in [0.25, 0.3) is 5.91 Å². The smallest absolute Gasteiger partial charge is 0.265 e. The van der Waals surface area contributed by atoms with Crippen LogP contribution in [0, 0.1) is 6.92 Å². The van der Waals surface area contributed by atoms with Crippen molar-refractivity contribution in [3.8, 4) is 0 Å². The number of rotatable bonds is 2. The number of anilines is 1. The van der Waals surface area contributed by atoms with Gasteiger partial charge in [-0.1, -0.05) is 11.6 Å². The summed E-state index contributed by atoms with van der Waals surface area (Å²) >= 11 is 11.2. The van der Waals surface area contributed by atoms with Crippen molar-refractivity contribution in [3.63, 3.8) is 0 Å². The number of carbonyl (C=O) groups excluding carboxylic acids is 1. The van der Waals surface area contributed by atoms with Crippen LogP contribution in [-0.2, 0) is 12.8 Å². The summed E-state index contributed by atoms with van der Waals surface area (Å²) in [5.74, 6) is -0.0602. The predicted octanol–water partition coefficient (Wildman–Crippen LogP) is 5.60. The van der Waals surface area contributed by atoms with Crippen molar-refractivity contribution in [1.82, 2.24) is 0 Å². The fraction of sp³-hybridized carbons (Fsp3) is 0.312. The van der Waals surface area contributed by atoms with E-state index in [0.717, 1.165) is 27.8 Å². The molecule has 1 amide bonds. The van der Waals surface area contributed by atoms with Gasteiger partial charge in [0.1, 0.15) is 0 Å². The van der Waals surface area contributed by atoms with Crippen molar-refractivity contribution in [2.24, 2.45) is 0 Å². The van der Waals surface area contributed by atoms with Gasteiger partial charge in [0, 0.05) is 14.4 Å². The number of amides is 1. The maximum atomic E-state index is 12.4. The Balaban J connectivity index is 1.83. The topological polar surface area (TPSA) is 29.1 Å². The molecule has 1 aliphatic carbocycles. The van der Waals surface area contributed by atoms with Crippen molar-refractivity contribution in [3.05, 3.63) is 48.6 Å². The largest absolute Gasteiger partial charge is 0.320 e. The highest BCUT2D eigenvalue weighted by Gasteiger charge is 2.18. The van der Waals surface area contributed by atoms with E-state index in [2.05, 4.69) is 21.2 Å². The van der Waals surface area contributed by atoms with Crippen LogP contribution in [0.5, 0.6) is 0 Å². The molecule has 0 atom stereocenters. The number of benzene rings is 1. The van der Waals surface area contributed by atoms with Gasteiger partial charge >= 0.3 is 0 Å². The van der Waals surface area contributed by atoms with E-state index >= 15 is 0 Å². The lowest BCUT2D eigenvalue weighted by Gasteiger charge is -2.08. The summed E-state index contributed by atoms with van der Waals surface area (Å²) in [4.78, 5) is 14.6. The van der Waals surface area contributed by atoms with Crippen LogP contribution in [0.25, 0.3) is 0 Å². The molecule has 1 N–H and O–H groups in total. The highest BCUT2D eigenvalue weighted by molar-refractivity contribution is 9.10. The number of carbonyl (C=O) groups is 1. The molecule has 1 aromatic heterocycles. The maximum absolute atomic E-state index is 12.4. The molecule has 0 fully saturated rings. The maximum Gasteiger partial charge on any atom is 0.265 e. The molecule has 0 aliphatic heterocycles. The van der Waals surface area contributed by atoms with E-state index in [1.165, 1.54) is 23.3 Å². The van der Waals surface area contributed by atoms with Crippen LogP contribution in [0.4, 0.5) is 5.69 Å². The lowest BCUT2D eigenvalue weighted by atomic mass is 9.99. The lowest BCUT2D eigenvalue weighted by Crippen LogP contribution is -2.10. The van der Waals surface area contributed by atoms with Crippen LogP contribution in [0.3, 0.4) is 0 Å². The molecule has 0 radical (unpaired) electrons. The molecular weight excluding hydrogens is 370 g/mol. The third kappa shape index (κ3) is 3.17. The summed E-state index contributed by atoms with van der Waals surface area (Å²) in [6.45, 7) is 1.94. The Bertz CT molecular complexity index is 687. The Labute approximate surface area is 141 Å². The third-order valence-electron chi connectivity index (χ3n) is 3.72. The Hall–Kier alpha value is -0.840. The second kappa shape index (κ2) is 6.11. The summed E-state index contributed by atoms with van der Waals surface area (Å²) < 4.78 is 0.846. The van der Waals surface area contributed by atoms with Gasteiger partial charge in [-0.25, -0.2) is 0 Å². The molecular formula is C16H15BrClNOS. The molecule has 0 bridgehead atoms. The van der Waals surface area contributed by atoms with E-state index in [1.807, 2.05) is 19.1 Å². The van der Waals surface area contributed by atoms with Crippen molar-refractivity contribution < 1.29 is 4.79 Å². The summed E-state index contributed by atoms with van der Waals surface area (Å²) in [5, 5.41) is 3.60. The number of aryl methyl sites for hydroxylation is 3. The molecule has 2 aromatic rings. The van der Waals surface area contributed by atoms with Gasteiger partial charge in [-0.3, -0.25) is 4.79 Å². The summed E-state index contributed by atoms with van der Waals surface area (Å²) in [6.07, 6.45) is 4.66. The number of hydrogen-bond donors (Lipinski definition) is 1. The van der Waals surface area contributed by atoms with Crippen LogP contribution < -0.4 is 5.32 Å². The number of halogens is 2. The second-order valence-electron chi connectivity index (χ2n) is 5.30. The van der Waals surface area contributed by atoms with E-state index in [1.54, 1.807) is 17.4 Å². The molecule has 0 saturated carbocycles. The van der Waals surface area contributed by atoms with Gasteiger partial charge in [0.15, 0.2) is 0 Å². The van der Waals surface area contributed by atoms with Crippen molar-refractivity contribution in [2.75, 3.05) is 5.32 Å². The Morgan fingerprint density at radius 1 is 1.29 bits per heavy atom. The number of fused-ring (bicyclic) bond motifs is 1. The van der Waals surface area contributed by atoms with Gasteiger partial charge in [0.2, 0.25) is 0 Å². The SMILES string of the molecule is Cc1cc(Br)c(NC(=O)c2cc3c(s2)CCCC3)cc1Cl. The molecule has 0 unspecified atom stereocenters. The van der Waals surface area contributed by atoms with Gasteiger partial charge < -0.3 is 5.32 Å². The predicted molar refractivity (Wildman–Crippen MR) is 92.8 cm³/mol. The molecule has 21 heavy (non-hydrogen) atoms. The number of hydrogen-bond acceptors (Lipinski definition) is 2. The normalized spacial score (nSPS) is 13.9. The Morgan fingerprint density at radius 3 is 2.81 bits per heavy atom. The highest BCUT2D eigenvalue weighted by Crippen LogP contribution is 2.32. The first kappa shape index (κ1) is 15.1. The van der Waals surface area contributed by atoms with Crippen molar-refractivity contribution in [2.45, 2.75) is 32.6 Å². The van der Waals surface area contributed by atoms with Gasteiger partial charge in [-0.2, -0.15) is 0 Å². The van der Waals surface area contributed by atoms with Crippen molar-refractivity contribution in [1.29, 1.82) is 0 Å². The average Bonchev–Trinajstić information content (AvgIpc) is 2.88. The Morgan fingerprint density at radius 2 is 2.05 bits per heavy atom. The molecule has 1 heterocycles. The van der Waals surface area contributed by atoms with E-state index in [0.29, 0.717) is 10.7 Å². The third-order valence-corrected chi connectivity index (χ3v) is 6.02. The number of thiophene rings is 1. The summed E-state index contributed by atoms with van der Waals surface area (Å²) in [7, 11) is 0. The fourth-order valence-corrected chi connectivity index (χ4v) is 4.40.